The van der Waals surface area contributed by atoms with Crippen molar-refractivity contribution in [1.82, 2.24) is 14.8 Å². The van der Waals surface area contributed by atoms with Crippen LogP contribution < -0.4 is 9.47 Å². The average molecular weight is 422 g/mol. The van der Waals surface area contributed by atoms with Gasteiger partial charge in [0, 0.05) is 45.2 Å². The second-order valence-electron chi connectivity index (χ2n) is 9.06. The van der Waals surface area contributed by atoms with Crippen LogP contribution in [0.15, 0.2) is 42.6 Å². The lowest BCUT2D eigenvalue weighted by Crippen LogP contribution is -2.41. The van der Waals surface area contributed by atoms with Crippen LogP contribution in [0.25, 0.3) is 0 Å². The molecule has 2 atom stereocenters. The molecule has 0 bridgehead atoms. The fraction of sp³-hybridized carbons (Fsp3) is 0.520. The normalized spacial score (nSPS) is 23.9. The number of hydrogen-bond donors (Lipinski definition) is 0. The Labute approximate surface area is 184 Å². The van der Waals surface area contributed by atoms with Gasteiger partial charge in [-0.3, -0.25) is 9.69 Å². The molecule has 0 saturated carbocycles. The van der Waals surface area contributed by atoms with E-state index in [0.29, 0.717) is 24.3 Å². The van der Waals surface area contributed by atoms with Gasteiger partial charge in [-0.2, -0.15) is 0 Å². The third-order valence-electron chi connectivity index (χ3n) is 6.58. The number of hydrogen-bond acceptors (Lipinski definition) is 5. The molecule has 2 fully saturated rings. The summed E-state index contributed by atoms with van der Waals surface area (Å²) in [6.45, 7) is 5.65. The standard InChI is InChI=1S/C25H31N3O3/c29-24-6-3-13-28(24)17-21-4-2-12-27(16-21)15-20-9-7-19(8-10-20)14-22-18-30-23-5-1-11-26-25(23)31-22/h1,5,7-11,21-22H,2-4,6,12-18H2. The molecule has 3 aliphatic heterocycles. The van der Waals surface area contributed by atoms with Crippen molar-refractivity contribution in [1.29, 1.82) is 0 Å². The van der Waals surface area contributed by atoms with E-state index in [1.54, 1.807) is 6.20 Å². The molecule has 164 valence electrons. The lowest BCUT2D eigenvalue weighted by molar-refractivity contribution is -0.128. The van der Waals surface area contributed by atoms with Gasteiger partial charge >= 0.3 is 0 Å². The van der Waals surface area contributed by atoms with Gasteiger partial charge in [-0.15, -0.1) is 0 Å². The number of piperidine rings is 1. The van der Waals surface area contributed by atoms with Crippen molar-refractivity contribution < 1.29 is 14.3 Å². The van der Waals surface area contributed by atoms with Crippen molar-refractivity contribution in [2.45, 2.75) is 44.8 Å². The van der Waals surface area contributed by atoms with Crippen LogP contribution in [0.3, 0.4) is 0 Å². The number of aromatic nitrogens is 1. The van der Waals surface area contributed by atoms with Crippen LogP contribution in [-0.4, -0.2) is 59.6 Å². The summed E-state index contributed by atoms with van der Waals surface area (Å²) in [6, 6.07) is 12.6. The summed E-state index contributed by atoms with van der Waals surface area (Å²) >= 11 is 0. The minimum atomic E-state index is -0.00981. The molecule has 3 aliphatic rings. The summed E-state index contributed by atoms with van der Waals surface area (Å²) < 4.78 is 11.8. The molecule has 31 heavy (non-hydrogen) atoms. The summed E-state index contributed by atoms with van der Waals surface area (Å²) in [6.07, 6.45) is 6.76. The molecular weight excluding hydrogens is 390 g/mol. The largest absolute Gasteiger partial charge is 0.484 e. The summed E-state index contributed by atoms with van der Waals surface area (Å²) in [7, 11) is 0. The van der Waals surface area contributed by atoms with E-state index in [4.69, 9.17) is 9.47 Å². The predicted octanol–water partition coefficient (Wildman–Crippen LogP) is 3.30. The summed E-state index contributed by atoms with van der Waals surface area (Å²) in [5.41, 5.74) is 2.59. The Morgan fingerprint density at radius 1 is 1.06 bits per heavy atom. The zero-order valence-electron chi connectivity index (χ0n) is 18.0. The predicted molar refractivity (Wildman–Crippen MR) is 118 cm³/mol. The number of ether oxygens (including phenoxy) is 2. The Kier molecular flexibility index (Phi) is 6.07. The lowest BCUT2D eigenvalue weighted by Gasteiger charge is -2.34. The first-order valence-electron chi connectivity index (χ1n) is 11.6. The third kappa shape index (κ3) is 5.01. The Balaban J connectivity index is 1.12. The topological polar surface area (TPSA) is 54.9 Å². The van der Waals surface area contributed by atoms with E-state index in [9.17, 15) is 4.79 Å². The molecule has 0 aliphatic carbocycles. The smallest absolute Gasteiger partial charge is 0.257 e. The van der Waals surface area contributed by atoms with Gasteiger partial charge in [-0.1, -0.05) is 24.3 Å². The van der Waals surface area contributed by atoms with E-state index in [0.717, 1.165) is 57.7 Å². The van der Waals surface area contributed by atoms with Gasteiger partial charge in [-0.25, -0.2) is 4.98 Å². The molecular formula is C25H31N3O3. The van der Waals surface area contributed by atoms with Gasteiger partial charge in [-0.05, 0) is 55.0 Å². The van der Waals surface area contributed by atoms with E-state index < -0.39 is 0 Å². The first kappa shape index (κ1) is 20.3. The SMILES string of the molecule is O=C1CCCN1CC1CCCN(Cc2ccc(CC3COc4cccnc4O3)cc2)C1. The maximum absolute atomic E-state index is 11.9. The van der Waals surface area contributed by atoms with Crippen LogP contribution in [0.4, 0.5) is 0 Å². The van der Waals surface area contributed by atoms with E-state index >= 15 is 0 Å². The summed E-state index contributed by atoms with van der Waals surface area (Å²) in [4.78, 5) is 20.8. The molecule has 1 amide bonds. The van der Waals surface area contributed by atoms with Gasteiger partial charge < -0.3 is 14.4 Å². The van der Waals surface area contributed by atoms with Gasteiger partial charge in [0.15, 0.2) is 5.75 Å². The van der Waals surface area contributed by atoms with Crippen LogP contribution in [0, 0.1) is 5.92 Å². The van der Waals surface area contributed by atoms with Crippen molar-refractivity contribution >= 4 is 5.91 Å². The summed E-state index contributed by atoms with van der Waals surface area (Å²) in [5.74, 6) is 2.27. The van der Waals surface area contributed by atoms with Crippen LogP contribution >= 0.6 is 0 Å². The van der Waals surface area contributed by atoms with E-state index in [1.165, 1.54) is 24.0 Å². The van der Waals surface area contributed by atoms with Crippen LogP contribution in [0.2, 0.25) is 0 Å². The highest BCUT2D eigenvalue weighted by Gasteiger charge is 2.27. The second-order valence-corrected chi connectivity index (χ2v) is 9.06. The Morgan fingerprint density at radius 2 is 1.94 bits per heavy atom. The molecule has 6 nitrogen and oxygen atoms in total. The van der Waals surface area contributed by atoms with Crippen molar-refractivity contribution in [3.05, 3.63) is 53.7 Å². The zero-order chi connectivity index (χ0) is 21.0. The minimum Gasteiger partial charge on any atom is -0.484 e. The molecule has 0 radical (unpaired) electrons. The number of amides is 1. The van der Waals surface area contributed by atoms with Gasteiger partial charge in [0.25, 0.3) is 5.88 Å². The van der Waals surface area contributed by atoms with Crippen molar-refractivity contribution in [3.63, 3.8) is 0 Å². The number of fused-ring (bicyclic) bond motifs is 1. The first-order chi connectivity index (χ1) is 15.2. The Morgan fingerprint density at radius 3 is 2.77 bits per heavy atom. The molecule has 6 heteroatoms. The van der Waals surface area contributed by atoms with E-state index in [-0.39, 0.29) is 6.10 Å². The number of likely N-dealkylation sites (tertiary alicyclic amines) is 2. The Bertz CT molecular complexity index is 901. The molecule has 4 heterocycles. The Hall–Kier alpha value is -2.60. The van der Waals surface area contributed by atoms with Crippen LogP contribution in [0.1, 0.15) is 36.8 Å². The quantitative estimate of drug-likeness (QED) is 0.716. The van der Waals surface area contributed by atoms with Crippen molar-refractivity contribution in [3.8, 4) is 11.6 Å². The lowest BCUT2D eigenvalue weighted by atomic mass is 9.96. The fourth-order valence-electron chi connectivity index (χ4n) is 5.00. The molecule has 2 unspecified atom stereocenters. The van der Waals surface area contributed by atoms with Gasteiger partial charge in [0.2, 0.25) is 5.91 Å². The maximum Gasteiger partial charge on any atom is 0.257 e. The number of rotatable bonds is 6. The third-order valence-corrected chi connectivity index (χ3v) is 6.58. The highest BCUT2D eigenvalue weighted by atomic mass is 16.6. The van der Waals surface area contributed by atoms with Gasteiger partial charge in [0.1, 0.15) is 12.7 Å². The molecule has 0 spiro atoms. The molecule has 1 aromatic carbocycles. The number of pyridine rings is 1. The monoisotopic (exact) mass is 421 g/mol. The molecule has 1 aromatic heterocycles. The first-order valence-corrected chi connectivity index (χ1v) is 11.6. The number of benzene rings is 1. The molecule has 0 N–H and O–H groups in total. The fourth-order valence-corrected chi connectivity index (χ4v) is 5.00. The summed E-state index contributed by atoms with van der Waals surface area (Å²) in [5, 5.41) is 0. The number of carbonyl (C=O) groups is 1. The highest BCUT2D eigenvalue weighted by molar-refractivity contribution is 5.78. The van der Waals surface area contributed by atoms with Crippen LogP contribution in [0.5, 0.6) is 11.6 Å². The molecule has 2 aromatic rings. The minimum absolute atomic E-state index is 0.00981. The number of nitrogens with zero attached hydrogens (tertiary/aromatic N) is 3. The highest BCUT2D eigenvalue weighted by Crippen LogP contribution is 2.29. The van der Waals surface area contributed by atoms with Crippen molar-refractivity contribution in [2.24, 2.45) is 5.92 Å². The van der Waals surface area contributed by atoms with Gasteiger partial charge in [0.05, 0.1) is 0 Å². The van der Waals surface area contributed by atoms with Crippen LogP contribution in [-0.2, 0) is 17.8 Å². The van der Waals surface area contributed by atoms with E-state index in [1.807, 2.05) is 12.1 Å². The average Bonchev–Trinajstić information content (AvgIpc) is 3.19. The second kappa shape index (κ2) is 9.27. The van der Waals surface area contributed by atoms with E-state index in [2.05, 4.69) is 39.0 Å². The van der Waals surface area contributed by atoms with Crippen molar-refractivity contribution in [2.75, 3.05) is 32.8 Å². The number of carbonyl (C=O) groups excluding carboxylic acids is 1. The molecule has 2 saturated heterocycles. The molecule has 5 rings (SSSR count). The maximum atomic E-state index is 11.9. The zero-order valence-corrected chi connectivity index (χ0v) is 18.0.